The van der Waals surface area contributed by atoms with Crippen LogP contribution in [-0.2, 0) is 17.9 Å². The molecule has 3 rings (SSSR count). The standard InChI is InChI=1S/C21H21ClN4O/c1-15-6-8-17(9-7-15)14-26-21(22)19(16(2)25-26)10-11-20(27)24-13-18-5-3-4-12-23-18/h3-12H,13-14H2,1-2H3,(H,24,27)/b11-10+. The highest BCUT2D eigenvalue weighted by Gasteiger charge is 2.12. The number of nitrogens with zero attached hydrogens (tertiary/aromatic N) is 3. The average molecular weight is 381 g/mol. The van der Waals surface area contributed by atoms with E-state index in [0.29, 0.717) is 18.2 Å². The Labute approximate surface area is 163 Å². The van der Waals surface area contributed by atoms with Gasteiger partial charge in [0.2, 0.25) is 5.91 Å². The number of aryl methyl sites for hydroxylation is 2. The molecule has 6 heteroatoms. The van der Waals surface area contributed by atoms with Crippen LogP contribution < -0.4 is 5.32 Å². The van der Waals surface area contributed by atoms with Gasteiger partial charge in [0.1, 0.15) is 5.15 Å². The number of benzene rings is 1. The van der Waals surface area contributed by atoms with Crippen LogP contribution >= 0.6 is 11.6 Å². The van der Waals surface area contributed by atoms with Gasteiger partial charge in [0.15, 0.2) is 0 Å². The summed E-state index contributed by atoms with van der Waals surface area (Å²) in [5, 5.41) is 7.81. The number of hydrogen-bond donors (Lipinski definition) is 1. The Kier molecular flexibility index (Phi) is 6.04. The summed E-state index contributed by atoms with van der Waals surface area (Å²) < 4.78 is 1.74. The van der Waals surface area contributed by atoms with Crippen LogP contribution in [0.2, 0.25) is 5.15 Å². The Bertz CT molecular complexity index is 946. The summed E-state index contributed by atoms with van der Waals surface area (Å²) in [5.41, 5.74) is 4.66. The number of halogens is 1. The van der Waals surface area contributed by atoms with Crippen molar-refractivity contribution in [3.8, 4) is 0 Å². The van der Waals surface area contributed by atoms with E-state index in [1.54, 1.807) is 17.0 Å². The molecule has 0 saturated carbocycles. The minimum absolute atomic E-state index is 0.206. The predicted octanol–water partition coefficient (Wildman–Crippen LogP) is 3.93. The van der Waals surface area contributed by atoms with Gasteiger partial charge in [0.05, 0.1) is 24.5 Å². The van der Waals surface area contributed by atoms with Crippen molar-refractivity contribution in [1.29, 1.82) is 0 Å². The zero-order valence-electron chi connectivity index (χ0n) is 15.3. The molecule has 1 aromatic carbocycles. The van der Waals surface area contributed by atoms with E-state index < -0.39 is 0 Å². The van der Waals surface area contributed by atoms with Gasteiger partial charge in [-0.2, -0.15) is 5.10 Å². The lowest BCUT2D eigenvalue weighted by atomic mass is 10.1. The molecule has 0 aliphatic heterocycles. The third-order valence-electron chi connectivity index (χ3n) is 4.13. The van der Waals surface area contributed by atoms with Crippen LogP contribution in [0, 0.1) is 13.8 Å². The first-order valence-corrected chi connectivity index (χ1v) is 9.05. The van der Waals surface area contributed by atoms with E-state index in [0.717, 1.165) is 22.5 Å². The number of aromatic nitrogens is 3. The lowest BCUT2D eigenvalue weighted by molar-refractivity contribution is -0.116. The minimum atomic E-state index is -0.206. The number of carbonyl (C=O) groups excluding carboxylic acids is 1. The largest absolute Gasteiger partial charge is 0.347 e. The Hall–Kier alpha value is -2.92. The molecule has 0 spiro atoms. The number of nitrogens with one attached hydrogen (secondary N) is 1. The van der Waals surface area contributed by atoms with Crippen molar-refractivity contribution in [2.45, 2.75) is 26.9 Å². The molecule has 27 heavy (non-hydrogen) atoms. The van der Waals surface area contributed by atoms with E-state index in [1.807, 2.05) is 25.1 Å². The average Bonchev–Trinajstić information content (AvgIpc) is 2.94. The number of rotatable bonds is 6. The number of amides is 1. The van der Waals surface area contributed by atoms with Gasteiger partial charge in [-0.25, -0.2) is 4.68 Å². The Balaban J connectivity index is 1.65. The third kappa shape index (κ3) is 5.05. The minimum Gasteiger partial charge on any atom is -0.347 e. The van der Waals surface area contributed by atoms with Crippen LogP contribution in [0.3, 0.4) is 0 Å². The van der Waals surface area contributed by atoms with Gasteiger partial charge in [-0.15, -0.1) is 0 Å². The maximum Gasteiger partial charge on any atom is 0.244 e. The van der Waals surface area contributed by atoms with E-state index >= 15 is 0 Å². The fourth-order valence-electron chi connectivity index (χ4n) is 2.63. The number of pyridine rings is 1. The zero-order valence-corrected chi connectivity index (χ0v) is 16.1. The van der Waals surface area contributed by atoms with Crippen LogP contribution in [-0.4, -0.2) is 20.7 Å². The molecule has 0 fully saturated rings. The lowest BCUT2D eigenvalue weighted by Crippen LogP contribution is -2.20. The van der Waals surface area contributed by atoms with E-state index in [2.05, 4.69) is 46.6 Å². The van der Waals surface area contributed by atoms with Crippen molar-refractivity contribution in [2.75, 3.05) is 0 Å². The molecule has 0 aliphatic rings. The third-order valence-corrected chi connectivity index (χ3v) is 4.53. The molecule has 0 bridgehead atoms. The Morgan fingerprint density at radius 1 is 1.19 bits per heavy atom. The van der Waals surface area contributed by atoms with Crippen molar-refractivity contribution < 1.29 is 4.79 Å². The fraction of sp³-hybridized carbons (Fsp3) is 0.190. The van der Waals surface area contributed by atoms with Crippen molar-refractivity contribution in [3.05, 3.63) is 88.0 Å². The first-order valence-electron chi connectivity index (χ1n) is 8.67. The molecule has 2 heterocycles. The molecule has 0 unspecified atom stereocenters. The summed E-state index contributed by atoms with van der Waals surface area (Å²) in [6, 6.07) is 13.8. The molecule has 2 aromatic heterocycles. The van der Waals surface area contributed by atoms with Crippen molar-refractivity contribution in [3.63, 3.8) is 0 Å². The second-order valence-corrected chi connectivity index (χ2v) is 6.66. The van der Waals surface area contributed by atoms with Crippen molar-refractivity contribution >= 4 is 23.6 Å². The highest BCUT2D eigenvalue weighted by molar-refractivity contribution is 6.31. The summed E-state index contributed by atoms with van der Waals surface area (Å²) in [7, 11) is 0. The SMILES string of the molecule is Cc1ccc(Cn2nc(C)c(/C=C/C(=O)NCc3ccccn3)c2Cl)cc1. The number of carbonyl (C=O) groups is 1. The van der Waals surface area contributed by atoms with Gasteiger partial charge in [-0.05, 0) is 37.6 Å². The van der Waals surface area contributed by atoms with Crippen LogP contribution in [0.4, 0.5) is 0 Å². The van der Waals surface area contributed by atoms with Gasteiger partial charge in [0, 0.05) is 17.8 Å². The summed E-state index contributed by atoms with van der Waals surface area (Å²) in [4.78, 5) is 16.2. The molecule has 5 nitrogen and oxygen atoms in total. The second-order valence-electron chi connectivity index (χ2n) is 6.31. The molecule has 138 valence electrons. The maximum absolute atomic E-state index is 12.0. The van der Waals surface area contributed by atoms with Crippen LogP contribution in [0.5, 0.6) is 0 Å². The molecule has 1 N–H and O–H groups in total. The van der Waals surface area contributed by atoms with Gasteiger partial charge < -0.3 is 5.32 Å². The fourth-order valence-corrected chi connectivity index (χ4v) is 2.92. The molecule has 0 saturated heterocycles. The lowest BCUT2D eigenvalue weighted by Gasteiger charge is -2.04. The zero-order chi connectivity index (χ0) is 19.2. The van der Waals surface area contributed by atoms with Gasteiger partial charge in [-0.1, -0.05) is 47.5 Å². The molecule has 0 radical (unpaired) electrons. The van der Waals surface area contributed by atoms with Crippen LogP contribution in [0.25, 0.3) is 6.08 Å². The maximum atomic E-state index is 12.0. The highest BCUT2D eigenvalue weighted by atomic mass is 35.5. The van der Waals surface area contributed by atoms with E-state index in [-0.39, 0.29) is 5.91 Å². The van der Waals surface area contributed by atoms with Crippen molar-refractivity contribution in [1.82, 2.24) is 20.1 Å². The number of hydrogen-bond acceptors (Lipinski definition) is 3. The Morgan fingerprint density at radius 2 is 1.96 bits per heavy atom. The van der Waals surface area contributed by atoms with Gasteiger partial charge in [0.25, 0.3) is 0 Å². The van der Waals surface area contributed by atoms with Crippen LogP contribution in [0.1, 0.15) is 28.1 Å². The van der Waals surface area contributed by atoms with Crippen molar-refractivity contribution in [2.24, 2.45) is 0 Å². The van der Waals surface area contributed by atoms with Crippen LogP contribution in [0.15, 0.2) is 54.7 Å². The summed E-state index contributed by atoms with van der Waals surface area (Å²) >= 11 is 6.47. The molecule has 3 aromatic rings. The molecule has 1 amide bonds. The molecular weight excluding hydrogens is 360 g/mol. The first-order chi connectivity index (χ1) is 13.0. The summed E-state index contributed by atoms with van der Waals surface area (Å²) in [5.74, 6) is -0.206. The quantitative estimate of drug-likeness (QED) is 0.659. The summed E-state index contributed by atoms with van der Waals surface area (Å²) in [6.07, 6.45) is 4.86. The van der Waals surface area contributed by atoms with E-state index in [1.165, 1.54) is 11.6 Å². The predicted molar refractivity (Wildman–Crippen MR) is 107 cm³/mol. The molecular formula is C21H21ClN4O. The van der Waals surface area contributed by atoms with Gasteiger partial charge in [-0.3, -0.25) is 9.78 Å². The van der Waals surface area contributed by atoms with E-state index in [4.69, 9.17) is 11.6 Å². The molecule has 0 atom stereocenters. The second kappa shape index (κ2) is 8.64. The smallest absolute Gasteiger partial charge is 0.244 e. The highest BCUT2D eigenvalue weighted by Crippen LogP contribution is 2.22. The van der Waals surface area contributed by atoms with Gasteiger partial charge >= 0.3 is 0 Å². The summed E-state index contributed by atoms with van der Waals surface area (Å²) in [6.45, 7) is 4.89. The first kappa shape index (κ1) is 18.9. The monoisotopic (exact) mass is 380 g/mol. The molecule has 0 aliphatic carbocycles. The topological polar surface area (TPSA) is 59.8 Å². The normalized spacial score (nSPS) is 11.1. The van der Waals surface area contributed by atoms with E-state index in [9.17, 15) is 4.79 Å². The Morgan fingerprint density at radius 3 is 2.67 bits per heavy atom.